The van der Waals surface area contributed by atoms with Gasteiger partial charge >= 0.3 is 0 Å². The summed E-state index contributed by atoms with van der Waals surface area (Å²) in [7, 11) is 1.71. The Kier molecular flexibility index (Phi) is 8.33. The second kappa shape index (κ2) is 10.5. The first-order valence-corrected chi connectivity index (χ1v) is 9.28. The number of methoxy groups -OCH3 is 1. The first-order valence-electron chi connectivity index (χ1n) is 9.28. The van der Waals surface area contributed by atoms with Gasteiger partial charge in [0.1, 0.15) is 18.1 Å². The Hall–Kier alpha value is -1.84. The summed E-state index contributed by atoms with van der Waals surface area (Å²) < 4.78 is 7.58. The van der Waals surface area contributed by atoms with Crippen LogP contribution in [0.1, 0.15) is 36.1 Å². The number of rotatable bonds is 7. The smallest absolute Gasteiger partial charge is 0.191 e. The average molecular weight is 484 g/mol. The number of benzene rings is 1. The number of hydrogen-bond acceptors (Lipinski definition) is 4. The number of aliphatic imine (C=N–C) groups is 1. The molecular formula is C19H29IN6O. The molecule has 2 aromatic rings. The molecule has 0 radical (unpaired) electrons. The van der Waals surface area contributed by atoms with Crippen molar-refractivity contribution in [3.8, 4) is 5.75 Å². The molecule has 2 heterocycles. The predicted molar refractivity (Wildman–Crippen MR) is 118 cm³/mol. The Balaban J connectivity index is 0.00000261. The Bertz CT molecular complexity index is 774. The van der Waals surface area contributed by atoms with Gasteiger partial charge in [0.15, 0.2) is 11.8 Å². The zero-order chi connectivity index (χ0) is 18.4. The minimum atomic E-state index is 0. The number of ether oxygens (including phenoxy) is 1. The number of hydrogen-bond donors (Lipinski definition) is 2. The molecule has 0 saturated carbocycles. The highest BCUT2D eigenvalue weighted by molar-refractivity contribution is 14.0. The summed E-state index contributed by atoms with van der Waals surface area (Å²) in [6, 6.07) is 6.34. The van der Waals surface area contributed by atoms with E-state index < -0.39 is 0 Å². The molecule has 27 heavy (non-hydrogen) atoms. The highest BCUT2D eigenvalue weighted by Crippen LogP contribution is 2.19. The van der Waals surface area contributed by atoms with Crippen LogP contribution in [-0.2, 0) is 25.9 Å². The van der Waals surface area contributed by atoms with Gasteiger partial charge in [-0.05, 0) is 43.9 Å². The van der Waals surface area contributed by atoms with Crippen molar-refractivity contribution in [3.05, 3.63) is 41.0 Å². The summed E-state index contributed by atoms with van der Waals surface area (Å²) in [6.07, 6.45) is 3.08. The van der Waals surface area contributed by atoms with Crippen LogP contribution < -0.4 is 15.4 Å². The molecule has 7 nitrogen and oxygen atoms in total. The van der Waals surface area contributed by atoms with E-state index in [9.17, 15) is 0 Å². The van der Waals surface area contributed by atoms with E-state index in [1.54, 1.807) is 7.11 Å². The first-order chi connectivity index (χ1) is 12.7. The largest absolute Gasteiger partial charge is 0.496 e. The zero-order valence-corrected chi connectivity index (χ0v) is 18.6. The van der Waals surface area contributed by atoms with Gasteiger partial charge in [0.25, 0.3) is 0 Å². The fourth-order valence-corrected chi connectivity index (χ4v) is 3.16. The Morgan fingerprint density at radius 1 is 1.30 bits per heavy atom. The van der Waals surface area contributed by atoms with Gasteiger partial charge < -0.3 is 19.9 Å². The van der Waals surface area contributed by atoms with Gasteiger partial charge in [-0.15, -0.1) is 34.2 Å². The molecule has 0 saturated heterocycles. The number of halogens is 1. The Morgan fingerprint density at radius 3 is 2.93 bits per heavy atom. The maximum atomic E-state index is 5.40. The zero-order valence-electron chi connectivity index (χ0n) is 16.3. The van der Waals surface area contributed by atoms with E-state index in [1.165, 1.54) is 5.56 Å². The van der Waals surface area contributed by atoms with Crippen LogP contribution in [0.5, 0.6) is 5.75 Å². The number of aromatic nitrogens is 3. The molecule has 0 bridgehead atoms. The summed E-state index contributed by atoms with van der Waals surface area (Å²) in [5.41, 5.74) is 2.39. The van der Waals surface area contributed by atoms with E-state index in [0.717, 1.165) is 67.8 Å². The number of nitrogens with one attached hydrogen (secondary N) is 2. The molecule has 1 aromatic carbocycles. The molecule has 3 rings (SSSR count). The van der Waals surface area contributed by atoms with Crippen LogP contribution in [0, 0.1) is 6.92 Å². The number of aryl methyl sites for hydroxylation is 2. The standard InChI is InChI=1S/C19H28N6O.HI/c1-4-20-19(22-13-18-24-23-17-6-5-11-25(17)18)21-10-9-15-8-7-14(2)16(12-15)26-3;/h7-8,12H,4-6,9-11,13H2,1-3H3,(H2,20,21,22);1H. The first kappa shape index (κ1) is 21.5. The van der Waals surface area contributed by atoms with Crippen molar-refractivity contribution in [1.29, 1.82) is 0 Å². The summed E-state index contributed by atoms with van der Waals surface area (Å²) in [5, 5.41) is 15.2. The van der Waals surface area contributed by atoms with Gasteiger partial charge in [-0.1, -0.05) is 12.1 Å². The van der Waals surface area contributed by atoms with Gasteiger partial charge in [-0.25, -0.2) is 4.99 Å². The molecule has 1 aliphatic heterocycles. The molecular weight excluding hydrogens is 455 g/mol. The summed E-state index contributed by atoms with van der Waals surface area (Å²) >= 11 is 0. The van der Waals surface area contributed by atoms with E-state index in [1.807, 2.05) is 0 Å². The maximum absolute atomic E-state index is 5.40. The van der Waals surface area contributed by atoms with E-state index >= 15 is 0 Å². The monoisotopic (exact) mass is 484 g/mol. The fourth-order valence-electron chi connectivity index (χ4n) is 3.16. The Labute approximate surface area is 178 Å². The molecule has 8 heteroatoms. The molecule has 148 valence electrons. The van der Waals surface area contributed by atoms with E-state index in [4.69, 9.17) is 4.74 Å². The van der Waals surface area contributed by atoms with Gasteiger partial charge in [0.2, 0.25) is 0 Å². The minimum absolute atomic E-state index is 0. The van der Waals surface area contributed by atoms with Gasteiger partial charge in [-0.3, -0.25) is 0 Å². The van der Waals surface area contributed by atoms with E-state index in [0.29, 0.717) is 6.54 Å². The van der Waals surface area contributed by atoms with Crippen molar-refractivity contribution < 1.29 is 4.74 Å². The topological polar surface area (TPSA) is 76.4 Å². The quantitative estimate of drug-likeness (QED) is 0.359. The van der Waals surface area contributed by atoms with Gasteiger partial charge in [0.05, 0.1) is 7.11 Å². The van der Waals surface area contributed by atoms with Crippen molar-refractivity contribution in [1.82, 2.24) is 25.4 Å². The van der Waals surface area contributed by atoms with Crippen molar-refractivity contribution >= 4 is 29.9 Å². The van der Waals surface area contributed by atoms with Crippen LogP contribution in [0.15, 0.2) is 23.2 Å². The normalized spacial score (nSPS) is 13.1. The molecule has 0 aliphatic carbocycles. The third-order valence-electron chi connectivity index (χ3n) is 4.59. The van der Waals surface area contributed by atoms with Crippen LogP contribution in [0.3, 0.4) is 0 Å². The average Bonchev–Trinajstić information content (AvgIpc) is 3.25. The van der Waals surface area contributed by atoms with Crippen molar-refractivity contribution in [2.24, 2.45) is 4.99 Å². The minimum Gasteiger partial charge on any atom is -0.496 e. The summed E-state index contributed by atoms with van der Waals surface area (Å²) in [4.78, 5) is 4.66. The third kappa shape index (κ3) is 5.57. The van der Waals surface area contributed by atoms with E-state index in [2.05, 4.69) is 62.4 Å². The second-order valence-electron chi connectivity index (χ2n) is 6.46. The van der Waals surface area contributed by atoms with Crippen LogP contribution >= 0.6 is 24.0 Å². The highest BCUT2D eigenvalue weighted by Gasteiger charge is 2.16. The lowest BCUT2D eigenvalue weighted by atomic mass is 10.1. The molecule has 1 aromatic heterocycles. The van der Waals surface area contributed by atoms with Crippen LogP contribution in [0.4, 0.5) is 0 Å². The fraction of sp³-hybridized carbons (Fsp3) is 0.526. The van der Waals surface area contributed by atoms with E-state index in [-0.39, 0.29) is 24.0 Å². The Morgan fingerprint density at radius 2 is 2.15 bits per heavy atom. The number of guanidine groups is 1. The molecule has 1 aliphatic rings. The van der Waals surface area contributed by atoms with Crippen LogP contribution in [0.2, 0.25) is 0 Å². The van der Waals surface area contributed by atoms with Crippen molar-refractivity contribution in [2.45, 2.75) is 46.2 Å². The molecule has 2 N–H and O–H groups in total. The molecule has 0 unspecified atom stereocenters. The summed E-state index contributed by atoms with van der Waals surface area (Å²) in [6.45, 7) is 7.29. The number of nitrogens with zero attached hydrogens (tertiary/aromatic N) is 4. The van der Waals surface area contributed by atoms with Crippen molar-refractivity contribution in [3.63, 3.8) is 0 Å². The lowest BCUT2D eigenvalue weighted by Crippen LogP contribution is -2.38. The number of fused-ring (bicyclic) bond motifs is 1. The molecule has 0 atom stereocenters. The molecule has 0 amide bonds. The SMILES string of the molecule is CCNC(=NCc1nnc2n1CCC2)NCCc1ccc(C)c(OC)c1.I. The van der Waals surface area contributed by atoms with Crippen LogP contribution in [-0.4, -0.2) is 40.9 Å². The lowest BCUT2D eigenvalue weighted by Gasteiger charge is -2.12. The van der Waals surface area contributed by atoms with Crippen LogP contribution in [0.25, 0.3) is 0 Å². The highest BCUT2D eigenvalue weighted by atomic mass is 127. The third-order valence-corrected chi connectivity index (χ3v) is 4.59. The molecule has 0 spiro atoms. The lowest BCUT2D eigenvalue weighted by molar-refractivity contribution is 0.411. The summed E-state index contributed by atoms with van der Waals surface area (Å²) in [5.74, 6) is 3.77. The molecule has 0 fully saturated rings. The van der Waals surface area contributed by atoms with Crippen molar-refractivity contribution in [2.75, 3.05) is 20.2 Å². The van der Waals surface area contributed by atoms with Gasteiger partial charge in [0, 0.05) is 26.1 Å². The second-order valence-corrected chi connectivity index (χ2v) is 6.46. The van der Waals surface area contributed by atoms with Gasteiger partial charge in [-0.2, -0.15) is 0 Å². The predicted octanol–water partition coefficient (Wildman–Crippen LogP) is 2.46. The maximum Gasteiger partial charge on any atom is 0.191 e.